The Balaban J connectivity index is 0.000000152. The summed E-state index contributed by atoms with van der Waals surface area (Å²) in [6.45, 7) is 8.57. The Bertz CT molecular complexity index is 1140. The van der Waals surface area contributed by atoms with Gasteiger partial charge in [0.15, 0.2) is 0 Å². The number of nitrogens with zero attached hydrogens (tertiary/aromatic N) is 5. The van der Waals surface area contributed by atoms with Gasteiger partial charge in [-0.15, -0.1) is 0 Å². The second-order valence-electron chi connectivity index (χ2n) is 11.4. The molecule has 4 aliphatic rings. The highest BCUT2D eigenvalue weighted by Gasteiger charge is 2.43. The van der Waals surface area contributed by atoms with Gasteiger partial charge in [-0.2, -0.15) is 0 Å². The molecular formula is C29H38N6S2. The van der Waals surface area contributed by atoms with Crippen LogP contribution in [0.5, 0.6) is 0 Å². The zero-order valence-electron chi connectivity index (χ0n) is 21.9. The number of thiocarbonyl (C=S) groups is 2. The van der Waals surface area contributed by atoms with Crippen LogP contribution in [0.1, 0.15) is 43.5 Å². The predicted octanol–water partition coefficient (Wildman–Crippen LogP) is 5.24. The van der Waals surface area contributed by atoms with Crippen molar-refractivity contribution in [2.75, 3.05) is 36.0 Å². The normalized spacial score (nSPS) is 29.8. The zero-order chi connectivity index (χ0) is 25.9. The molecule has 2 saturated heterocycles. The summed E-state index contributed by atoms with van der Waals surface area (Å²) in [6.07, 6.45) is 9.96. The van der Waals surface area contributed by atoms with Crippen molar-refractivity contribution in [3.05, 3.63) is 48.0 Å². The molecule has 4 fully saturated rings. The van der Waals surface area contributed by atoms with E-state index in [1.807, 2.05) is 19.3 Å². The van der Waals surface area contributed by atoms with Crippen LogP contribution in [-0.2, 0) is 0 Å². The van der Waals surface area contributed by atoms with Crippen molar-refractivity contribution >= 4 is 46.0 Å². The van der Waals surface area contributed by atoms with Gasteiger partial charge in [0, 0.05) is 67.8 Å². The van der Waals surface area contributed by atoms with Crippen molar-refractivity contribution in [2.24, 2.45) is 40.3 Å². The minimum Gasteiger partial charge on any atom is -0.393 e. The van der Waals surface area contributed by atoms with Gasteiger partial charge in [0.25, 0.3) is 0 Å². The number of isothiocyanates is 1. The van der Waals surface area contributed by atoms with Gasteiger partial charge >= 0.3 is 0 Å². The van der Waals surface area contributed by atoms with Crippen LogP contribution in [0.25, 0.3) is 0 Å². The van der Waals surface area contributed by atoms with E-state index in [1.165, 1.54) is 37.1 Å². The maximum atomic E-state index is 5.75. The lowest BCUT2D eigenvalue weighted by Gasteiger charge is -2.39. The van der Waals surface area contributed by atoms with Gasteiger partial charge in [-0.3, -0.25) is 9.97 Å². The number of rotatable bonds is 5. The molecule has 0 aromatic carbocycles. The van der Waals surface area contributed by atoms with Gasteiger partial charge in [0.2, 0.25) is 0 Å². The highest BCUT2D eigenvalue weighted by Crippen LogP contribution is 2.45. The van der Waals surface area contributed by atoms with Crippen LogP contribution in [0.4, 0.5) is 11.4 Å². The van der Waals surface area contributed by atoms with Gasteiger partial charge in [-0.1, -0.05) is 12.2 Å². The third-order valence-electron chi connectivity index (χ3n) is 8.94. The second kappa shape index (κ2) is 11.5. The van der Waals surface area contributed by atoms with Crippen LogP contribution in [0.3, 0.4) is 0 Å². The second-order valence-corrected chi connectivity index (χ2v) is 12.1. The summed E-state index contributed by atoms with van der Waals surface area (Å²) in [5.74, 6) is 3.53. The molecule has 2 aromatic heterocycles. The fourth-order valence-corrected chi connectivity index (χ4v) is 7.56. The number of pyridine rings is 2. The monoisotopic (exact) mass is 534 g/mol. The molecule has 4 heterocycles. The van der Waals surface area contributed by atoms with Crippen LogP contribution in [0, 0.1) is 43.4 Å². The van der Waals surface area contributed by atoms with E-state index in [0.29, 0.717) is 22.9 Å². The van der Waals surface area contributed by atoms with Crippen molar-refractivity contribution in [2.45, 2.75) is 52.0 Å². The van der Waals surface area contributed by atoms with E-state index in [9.17, 15) is 0 Å². The Kier molecular flexibility index (Phi) is 8.18. The van der Waals surface area contributed by atoms with Crippen molar-refractivity contribution in [1.82, 2.24) is 9.97 Å². The first-order valence-electron chi connectivity index (χ1n) is 13.6. The lowest BCUT2D eigenvalue weighted by Crippen LogP contribution is -2.44. The first-order valence-corrected chi connectivity index (χ1v) is 14.4. The van der Waals surface area contributed by atoms with Crippen molar-refractivity contribution in [3.63, 3.8) is 0 Å². The molecule has 8 heteroatoms. The average molecular weight is 535 g/mol. The Morgan fingerprint density at radius 2 is 1.35 bits per heavy atom. The highest BCUT2D eigenvalue weighted by atomic mass is 32.1. The van der Waals surface area contributed by atoms with Gasteiger partial charge in [-0.05, 0) is 106 Å². The number of aryl methyl sites for hydroxylation is 2. The smallest absolute Gasteiger partial charge is 0.0730 e. The lowest BCUT2D eigenvalue weighted by molar-refractivity contribution is 0.280. The topological polar surface area (TPSA) is 70.6 Å². The van der Waals surface area contributed by atoms with E-state index < -0.39 is 0 Å². The van der Waals surface area contributed by atoms with Crippen LogP contribution >= 0.6 is 24.4 Å². The van der Waals surface area contributed by atoms with E-state index in [-0.39, 0.29) is 0 Å². The largest absolute Gasteiger partial charge is 0.393 e. The minimum absolute atomic E-state index is 0.418. The van der Waals surface area contributed by atoms with Gasteiger partial charge in [0.1, 0.15) is 0 Å². The van der Waals surface area contributed by atoms with Crippen LogP contribution in [0.15, 0.2) is 41.7 Å². The Hall–Kier alpha value is -2.41. The van der Waals surface area contributed by atoms with E-state index in [0.717, 1.165) is 61.7 Å². The Morgan fingerprint density at radius 3 is 1.78 bits per heavy atom. The maximum absolute atomic E-state index is 5.75. The quantitative estimate of drug-likeness (QED) is 0.416. The Labute approximate surface area is 231 Å². The number of hydrogen-bond donors (Lipinski definition) is 1. The number of anilines is 2. The summed E-state index contributed by atoms with van der Waals surface area (Å²) in [6, 6.07) is 9.01. The molecule has 2 aliphatic carbocycles. The fourth-order valence-electron chi connectivity index (χ4n) is 7.24. The Morgan fingerprint density at radius 1 is 0.892 bits per heavy atom. The molecular weight excluding hydrogens is 496 g/mol. The van der Waals surface area contributed by atoms with Crippen molar-refractivity contribution in [3.8, 4) is 0 Å². The molecule has 0 spiro atoms. The average Bonchev–Trinajstić information content (AvgIpc) is 3.23. The van der Waals surface area contributed by atoms with Gasteiger partial charge < -0.3 is 15.5 Å². The number of piperidine rings is 2. The molecule has 2 unspecified atom stereocenters. The summed E-state index contributed by atoms with van der Waals surface area (Å²) >= 11 is 9.87. The molecule has 6 rings (SSSR count). The summed E-state index contributed by atoms with van der Waals surface area (Å²) < 4.78 is 0. The molecule has 0 amide bonds. The SMILES string of the molecule is Cc1cc(N2C[C@H]3CC[C@@H](C2)C3CC(N)=S)ccn1.Cc1cc(N2C[C@H]3CC[C@@H](C2)C3N=C=S)ccn1. The number of aliphatic imine (C=N–C) groups is 1. The standard InChI is InChI=1S/C15H21N3S.C14H17N3S/c1-10-6-13(4-5-17-10)18-8-11-2-3-12(9-18)14(11)7-15(16)19;1-10-6-13(4-5-15-10)17-7-11-2-3-12(8-17)14(11)16-9-18/h4-6,11-12,14H,2-3,7-9H2,1H3,(H2,16,19);4-6,11-12,14H,2-3,7-8H2,1H3/t2*11-,12+,14?. The highest BCUT2D eigenvalue weighted by molar-refractivity contribution is 7.80. The van der Waals surface area contributed by atoms with Crippen LogP contribution in [-0.4, -0.2) is 52.3 Å². The van der Waals surface area contributed by atoms with E-state index in [1.54, 1.807) is 0 Å². The molecule has 2 saturated carbocycles. The summed E-state index contributed by atoms with van der Waals surface area (Å²) in [5, 5.41) is 2.58. The predicted molar refractivity (Wildman–Crippen MR) is 159 cm³/mol. The fraction of sp³-hybridized carbons (Fsp3) is 0.586. The first-order chi connectivity index (χ1) is 17.9. The lowest BCUT2D eigenvalue weighted by atomic mass is 9.82. The third kappa shape index (κ3) is 6.02. The molecule has 196 valence electrons. The number of fused-ring (bicyclic) bond motifs is 4. The molecule has 0 radical (unpaired) electrons. The maximum Gasteiger partial charge on any atom is 0.0730 e. The molecule has 4 bridgehead atoms. The van der Waals surface area contributed by atoms with Crippen LogP contribution < -0.4 is 15.5 Å². The minimum atomic E-state index is 0.418. The molecule has 2 N–H and O–H groups in total. The molecule has 37 heavy (non-hydrogen) atoms. The number of hydrogen-bond acceptors (Lipinski definition) is 7. The third-order valence-corrected chi connectivity index (χ3v) is 9.21. The molecule has 2 aliphatic heterocycles. The number of nitrogens with two attached hydrogens (primary N) is 1. The summed E-state index contributed by atoms with van der Waals surface area (Å²) in [4.78, 5) is 18.6. The summed E-state index contributed by atoms with van der Waals surface area (Å²) in [5.41, 5.74) is 10.5. The molecule has 6 atom stereocenters. The van der Waals surface area contributed by atoms with E-state index in [4.69, 9.17) is 30.2 Å². The van der Waals surface area contributed by atoms with Crippen molar-refractivity contribution in [1.29, 1.82) is 0 Å². The summed E-state index contributed by atoms with van der Waals surface area (Å²) in [7, 11) is 0. The van der Waals surface area contributed by atoms with E-state index >= 15 is 0 Å². The first kappa shape index (κ1) is 26.2. The number of aromatic nitrogens is 2. The van der Waals surface area contributed by atoms with Crippen LogP contribution in [0.2, 0.25) is 0 Å². The zero-order valence-corrected chi connectivity index (χ0v) is 23.6. The van der Waals surface area contributed by atoms with Gasteiger partial charge in [0.05, 0.1) is 16.2 Å². The van der Waals surface area contributed by atoms with Gasteiger partial charge in [-0.25, -0.2) is 4.99 Å². The molecule has 2 aromatic rings. The van der Waals surface area contributed by atoms with Crippen molar-refractivity contribution < 1.29 is 0 Å². The van der Waals surface area contributed by atoms with E-state index in [2.05, 4.69) is 61.1 Å². The molecule has 6 nitrogen and oxygen atoms in total.